The Kier molecular flexibility index (Phi) is 3.01. The SMILES string of the molecule is C[C@]1(F)Cc2cc(F)ccc2N=C(c2ccccc2)O1. The van der Waals surface area contributed by atoms with Gasteiger partial charge in [0, 0.05) is 18.9 Å². The zero-order chi connectivity index (χ0) is 14.2. The van der Waals surface area contributed by atoms with Crippen molar-refractivity contribution in [3.05, 3.63) is 65.5 Å². The average Bonchev–Trinajstić information content (AvgIpc) is 2.54. The number of ether oxygens (including phenoxy) is 1. The van der Waals surface area contributed by atoms with Gasteiger partial charge in [0.25, 0.3) is 5.85 Å². The Morgan fingerprint density at radius 3 is 2.65 bits per heavy atom. The van der Waals surface area contributed by atoms with Crippen molar-refractivity contribution in [2.75, 3.05) is 0 Å². The molecule has 1 heterocycles. The van der Waals surface area contributed by atoms with Gasteiger partial charge in [-0.15, -0.1) is 0 Å². The molecule has 1 aliphatic rings. The number of aliphatic imine (C=N–C) groups is 1. The topological polar surface area (TPSA) is 21.6 Å². The first-order chi connectivity index (χ1) is 9.53. The second-order valence-electron chi connectivity index (χ2n) is 4.94. The van der Waals surface area contributed by atoms with Gasteiger partial charge in [0.2, 0.25) is 5.90 Å². The Morgan fingerprint density at radius 2 is 1.90 bits per heavy atom. The number of nitrogens with zero attached hydrogens (tertiary/aromatic N) is 1. The molecule has 2 aromatic carbocycles. The van der Waals surface area contributed by atoms with Crippen LogP contribution in [-0.4, -0.2) is 11.8 Å². The summed E-state index contributed by atoms with van der Waals surface area (Å²) < 4.78 is 33.1. The van der Waals surface area contributed by atoms with Gasteiger partial charge in [-0.2, -0.15) is 4.39 Å². The van der Waals surface area contributed by atoms with Gasteiger partial charge >= 0.3 is 0 Å². The zero-order valence-electron chi connectivity index (χ0n) is 10.9. The van der Waals surface area contributed by atoms with Crippen molar-refractivity contribution < 1.29 is 13.5 Å². The molecular weight excluding hydrogens is 260 g/mol. The molecule has 0 N–H and O–H groups in total. The smallest absolute Gasteiger partial charge is 0.251 e. The van der Waals surface area contributed by atoms with Crippen LogP contribution in [0.25, 0.3) is 0 Å². The van der Waals surface area contributed by atoms with Crippen LogP contribution in [0.15, 0.2) is 53.5 Å². The molecule has 2 nitrogen and oxygen atoms in total. The van der Waals surface area contributed by atoms with E-state index < -0.39 is 11.7 Å². The quantitative estimate of drug-likeness (QED) is 0.764. The van der Waals surface area contributed by atoms with Crippen molar-refractivity contribution in [1.29, 1.82) is 0 Å². The number of hydrogen-bond acceptors (Lipinski definition) is 2. The minimum Gasteiger partial charge on any atom is -0.440 e. The normalized spacial score (nSPS) is 21.4. The molecular formula is C16H13F2NO. The molecule has 1 atom stereocenters. The monoisotopic (exact) mass is 273 g/mol. The highest BCUT2D eigenvalue weighted by Gasteiger charge is 2.32. The summed E-state index contributed by atoms with van der Waals surface area (Å²) >= 11 is 0. The average molecular weight is 273 g/mol. The van der Waals surface area contributed by atoms with Crippen LogP contribution in [0, 0.1) is 5.82 Å². The Balaban J connectivity index is 2.13. The van der Waals surface area contributed by atoms with Crippen molar-refractivity contribution in [2.24, 2.45) is 4.99 Å². The predicted molar refractivity (Wildman–Crippen MR) is 73.3 cm³/mol. The Bertz CT molecular complexity index is 665. The molecule has 102 valence electrons. The van der Waals surface area contributed by atoms with Crippen LogP contribution in [-0.2, 0) is 11.2 Å². The molecule has 0 aliphatic carbocycles. The molecule has 0 spiro atoms. The molecule has 2 aromatic rings. The molecule has 4 heteroatoms. The van der Waals surface area contributed by atoms with Crippen molar-refractivity contribution in [1.82, 2.24) is 0 Å². The van der Waals surface area contributed by atoms with E-state index in [1.165, 1.54) is 19.1 Å². The summed E-state index contributed by atoms with van der Waals surface area (Å²) in [6.45, 7) is 1.32. The van der Waals surface area contributed by atoms with Crippen LogP contribution in [0.2, 0.25) is 0 Å². The summed E-state index contributed by atoms with van der Waals surface area (Å²) in [5, 5.41) is 0. The highest BCUT2D eigenvalue weighted by molar-refractivity contribution is 5.96. The van der Waals surface area contributed by atoms with E-state index in [1.54, 1.807) is 18.2 Å². The van der Waals surface area contributed by atoms with Gasteiger partial charge < -0.3 is 4.74 Å². The van der Waals surface area contributed by atoms with E-state index in [9.17, 15) is 8.78 Å². The van der Waals surface area contributed by atoms with Gasteiger partial charge in [-0.25, -0.2) is 9.38 Å². The van der Waals surface area contributed by atoms with Crippen molar-refractivity contribution in [3.63, 3.8) is 0 Å². The minimum atomic E-state index is -1.92. The fourth-order valence-corrected chi connectivity index (χ4v) is 2.22. The van der Waals surface area contributed by atoms with E-state index in [-0.39, 0.29) is 12.3 Å². The lowest BCUT2D eigenvalue weighted by Gasteiger charge is -2.20. The third-order valence-electron chi connectivity index (χ3n) is 3.10. The van der Waals surface area contributed by atoms with Gasteiger partial charge in [0.05, 0.1) is 5.69 Å². The van der Waals surface area contributed by atoms with E-state index in [4.69, 9.17) is 4.74 Å². The van der Waals surface area contributed by atoms with Gasteiger partial charge in [-0.05, 0) is 35.9 Å². The fraction of sp³-hybridized carbons (Fsp3) is 0.188. The van der Waals surface area contributed by atoms with Gasteiger partial charge in [-0.1, -0.05) is 18.2 Å². The van der Waals surface area contributed by atoms with E-state index in [2.05, 4.69) is 4.99 Å². The van der Waals surface area contributed by atoms with E-state index >= 15 is 0 Å². The molecule has 0 bridgehead atoms. The molecule has 0 fully saturated rings. The first kappa shape index (κ1) is 12.8. The second kappa shape index (κ2) is 4.71. The van der Waals surface area contributed by atoms with Crippen LogP contribution in [0.5, 0.6) is 0 Å². The summed E-state index contributed by atoms with van der Waals surface area (Å²) in [6, 6.07) is 13.3. The molecule has 3 rings (SSSR count). The summed E-state index contributed by atoms with van der Waals surface area (Å²) in [4.78, 5) is 4.33. The van der Waals surface area contributed by atoms with Gasteiger partial charge in [-0.3, -0.25) is 0 Å². The maximum Gasteiger partial charge on any atom is 0.251 e. The number of fused-ring (bicyclic) bond motifs is 1. The fourth-order valence-electron chi connectivity index (χ4n) is 2.22. The lowest BCUT2D eigenvalue weighted by atomic mass is 10.1. The maximum atomic E-state index is 14.5. The van der Waals surface area contributed by atoms with E-state index in [0.29, 0.717) is 16.8 Å². The van der Waals surface area contributed by atoms with Crippen molar-refractivity contribution >= 4 is 11.6 Å². The first-order valence-corrected chi connectivity index (χ1v) is 6.34. The Labute approximate surface area is 115 Å². The Morgan fingerprint density at radius 1 is 1.15 bits per heavy atom. The first-order valence-electron chi connectivity index (χ1n) is 6.34. The number of hydrogen-bond donors (Lipinski definition) is 0. The summed E-state index contributed by atoms with van der Waals surface area (Å²) in [7, 11) is 0. The van der Waals surface area contributed by atoms with Crippen molar-refractivity contribution in [2.45, 2.75) is 19.2 Å². The molecule has 0 saturated carbocycles. The minimum absolute atomic E-state index is 0.0417. The van der Waals surface area contributed by atoms with E-state index in [1.807, 2.05) is 18.2 Å². The number of rotatable bonds is 1. The third-order valence-corrected chi connectivity index (χ3v) is 3.10. The third kappa shape index (κ3) is 2.54. The van der Waals surface area contributed by atoms with Crippen LogP contribution < -0.4 is 0 Å². The largest absolute Gasteiger partial charge is 0.440 e. The lowest BCUT2D eigenvalue weighted by molar-refractivity contribution is -0.0528. The highest BCUT2D eigenvalue weighted by Crippen LogP contribution is 2.32. The van der Waals surface area contributed by atoms with Crippen molar-refractivity contribution in [3.8, 4) is 0 Å². The molecule has 0 saturated heterocycles. The summed E-state index contributed by atoms with van der Waals surface area (Å²) in [5.74, 6) is -2.12. The summed E-state index contributed by atoms with van der Waals surface area (Å²) in [5.41, 5.74) is 1.72. The molecule has 1 aliphatic heterocycles. The standard InChI is InChI=1S/C16H13F2NO/c1-16(18)10-12-9-13(17)7-8-14(12)19-15(20-16)11-5-3-2-4-6-11/h2-9H,10H2,1H3/t16-/m1/s1. The highest BCUT2D eigenvalue weighted by atomic mass is 19.2. The predicted octanol–water partition coefficient (Wildman–Crippen LogP) is 4.16. The van der Waals surface area contributed by atoms with Crippen LogP contribution in [0.4, 0.5) is 14.5 Å². The zero-order valence-corrected chi connectivity index (χ0v) is 10.9. The van der Waals surface area contributed by atoms with Gasteiger partial charge in [0.15, 0.2) is 0 Å². The van der Waals surface area contributed by atoms with Crippen LogP contribution in [0.3, 0.4) is 0 Å². The maximum absolute atomic E-state index is 14.5. The van der Waals surface area contributed by atoms with Crippen LogP contribution >= 0.6 is 0 Å². The van der Waals surface area contributed by atoms with Crippen LogP contribution in [0.1, 0.15) is 18.1 Å². The molecule has 0 aromatic heterocycles. The Hall–Kier alpha value is -2.23. The lowest BCUT2D eigenvalue weighted by Crippen LogP contribution is -2.28. The van der Waals surface area contributed by atoms with E-state index in [0.717, 1.165) is 0 Å². The molecule has 0 amide bonds. The number of halogens is 2. The summed E-state index contributed by atoms with van der Waals surface area (Å²) in [6.07, 6.45) is -0.0417. The van der Waals surface area contributed by atoms with Gasteiger partial charge in [0.1, 0.15) is 5.82 Å². The number of benzene rings is 2. The number of alkyl halides is 1. The molecule has 0 unspecified atom stereocenters. The molecule has 20 heavy (non-hydrogen) atoms. The molecule has 0 radical (unpaired) electrons. The second-order valence-corrected chi connectivity index (χ2v) is 4.94.